The lowest BCUT2D eigenvalue weighted by molar-refractivity contribution is 0.0466. The van der Waals surface area contributed by atoms with Gasteiger partial charge in [0.15, 0.2) is 0 Å². The average Bonchev–Trinajstić information content (AvgIpc) is 2.49. The molecule has 2 N–H and O–H groups in total. The summed E-state index contributed by atoms with van der Waals surface area (Å²) >= 11 is 1.14. The van der Waals surface area contributed by atoms with Gasteiger partial charge in [-0.05, 0) is 40.0 Å². The van der Waals surface area contributed by atoms with Crippen LogP contribution in [0.5, 0.6) is 0 Å². The van der Waals surface area contributed by atoms with Gasteiger partial charge in [-0.1, -0.05) is 42.1 Å². The highest BCUT2D eigenvalue weighted by molar-refractivity contribution is 8.14. The Bertz CT molecular complexity index is 570. The Morgan fingerprint density at radius 1 is 1.21 bits per heavy atom. The largest absolute Gasteiger partial charge is 0.444 e. The van der Waals surface area contributed by atoms with Crippen LogP contribution in [0.3, 0.4) is 0 Å². The number of thioether (sulfide) groups is 1. The molecule has 0 unspecified atom stereocenters. The lowest BCUT2D eigenvalue weighted by atomic mass is 9.93. The van der Waals surface area contributed by atoms with Gasteiger partial charge in [0.25, 0.3) is 0 Å². The maximum Gasteiger partial charge on any atom is 0.407 e. The summed E-state index contributed by atoms with van der Waals surface area (Å²) < 4.78 is 5.27. The zero-order valence-electron chi connectivity index (χ0n) is 14.3. The molecule has 1 fully saturated rings. The van der Waals surface area contributed by atoms with Gasteiger partial charge in [-0.3, -0.25) is 4.79 Å². The summed E-state index contributed by atoms with van der Waals surface area (Å²) in [7, 11) is 0. The van der Waals surface area contributed by atoms with Gasteiger partial charge in [-0.2, -0.15) is 0 Å². The molecule has 0 heterocycles. The third kappa shape index (κ3) is 5.83. The monoisotopic (exact) mass is 351 g/mol. The topological polar surface area (TPSA) is 75.6 Å². The van der Waals surface area contributed by atoms with Crippen molar-refractivity contribution in [2.75, 3.05) is 0 Å². The Labute approximate surface area is 147 Å². The standard InChI is InChI=1S/C18H25NO4S/c1-18(2,3)23-17(22)19-13-9-10-14(20)15(11-13)24-16(21)12-7-5-4-6-8-12/h4-8,13-15,20H,9-11H2,1-3H3,(H,19,22)/t13-,14-,15-/m1/s1. The Kier molecular flexibility index (Phi) is 6.29. The molecule has 1 saturated carbocycles. The van der Waals surface area contributed by atoms with Gasteiger partial charge in [0.1, 0.15) is 5.60 Å². The van der Waals surface area contributed by atoms with Crippen molar-refractivity contribution in [3.8, 4) is 0 Å². The zero-order chi connectivity index (χ0) is 17.7. The summed E-state index contributed by atoms with van der Waals surface area (Å²) in [5.41, 5.74) is 0.0762. The van der Waals surface area contributed by atoms with E-state index in [0.29, 0.717) is 24.8 Å². The SMILES string of the molecule is CC(C)(C)OC(=O)N[C@@H]1CC[C@@H](O)[C@H](SC(=O)c2ccccc2)C1. The molecule has 1 aromatic carbocycles. The van der Waals surface area contributed by atoms with Crippen LogP contribution in [0, 0.1) is 0 Å². The summed E-state index contributed by atoms with van der Waals surface area (Å²) in [6.45, 7) is 5.44. The minimum atomic E-state index is -0.546. The molecule has 1 aliphatic rings. The zero-order valence-corrected chi connectivity index (χ0v) is 15.1. The number of carbonyl (C=O) groups is 2. The second kappa shape index (κ2) is 8.03. The number of rotatable bonds is 3. The number of nitrogens with one attached hydrogen (secondary N) is 1. The molecule has 1 aliphatic carbocycles. The van der Waals surface area contributed by atoms with Crippen LogP contribution in [-0.4, -0.2) is 39.3 Å². The van der Waals surface area contributed by atoms with Crippen LogP contribution in [0.15, 0.2) is 30.3 Å². The molecule has 1 aromatic rings. The molecule has 0 bridgehead atoms. The van der Waals surface area contributed by atoms with E-state index >= 15 is 0 Å². The third-order valence-corrected chi connectivity index (χ3v) is 5.00. The summed E-state index contributed by atoms with van der Waals surface area (Å²) in [5.74, 6) is 0. The fraction of sp³-hybridized carbons (Fsp3) is 0.556. The van der Waals surface area contributed by atoms with Crippen molar-refractivity contribution in [1.29, 1.82) is 0 Å². The van der Waals surface area contributed by atoms with E-state index in [9.17, 15) is 14.7 Å². The Morgan fingerprint density at radius 3 is 2.50 bits per heavy atom. The third-order valence-electron chi connectivity index (χ3n) is 3.75. The van der Waals surface area contributed by atoms with Crippen LogP contribution in [0.2, 0.25) is 0 Å². The van der Waals surface area contributed by atoms with Crippen molar-refractivity contribution in [3.63, 3.8) is 0 Å². The number of benzene rings is 1. The molecule has 2 rings (SSSR count). The van der Waals surface area contributed by atoms with Crippen molar-refractivity contribution in [1.82, 2.24) is 5.32 Å². The Balaban J connectivity index is 1.91. The van der Waals surface area contributed by atoms with E-state index in [1.54, 1.807) is 12.1 Å². The fourth-order valence-corrected chi connectivity index (χ4v) is 3.79. The summed E-state index contributed by atoms with van der Waals surface area (Å²) in [6, 6.07) is 8.93. The first-order valence-corrected chi connectivity index (χ1v) is 9.06. The summed E-state index contributed by atoms with van der Waals surface area (Å²) in [4.78, 5) is 24.2. The molecule has 0 saturated heterocycles. The minimum Gasteiger partial charge on any atom is -0.444 e. The number of alkyl carbamates (subject to hydrolysis) is 1. The maximum absolute atomic E-state index is 12.3. The quantitative estimate of drug-likeness (QED) is 0.873. The lowest BCUT2D eigenvalue weighted by Gasteiger charge is -2.33. The van der Waals surface area contributed by atoms with Gasteiger partial charge in [0, 0.05) is 16.9 Å². The number of aliphatic hydroxyl groups excluding tert-OH is 1. The number of hydrogen-bond acceptors (Lipinski definition) is 5. The number of ether oxygens (including phenoxy) is 1. The van der Waals surface area contributed by atoms with Crippen molar-refractivity contribution in [3.05, 3.63) is 35.9 Å². The second-order valence-electron chi connectivity index (χ2n) is 7.03. The average molecular weight is 351 g/mol. The molecular formula is C18H25NO4S. The Hall–Kier alpha value is -1.53. The van der Waals surface area contributed by atoms with E-state index < -0.39 is 17.8 Å². The number of aliphatic hydroxyl groups is 1. The molecule has 132 valence electrons. The van der Waals surface area contributed by atoms with Crippen LogP contribution >= 0.6 is 11.8 Å². The van der Waals surface area contributed by atoms with Crippen LogP contribution in [-0.2, 0) is 4.74 Å². The van der Waals surface area contributed by atoms with Crippen LogP contribution in [0.4, 0.5) is 4.79 Å². The fourth-order valence-electron chi connectivity index (χ4n) is 2.62. The highest BCUT2D eigenvalue weighted by Gasteiger charge is 2.33. The van der Waals surface area contributed by atoms with E-state index in [-0.39, 0.29) is 16.4 Å². The molecule has 5 nitrogen and oxygen atoms in total. The van der Waals surface area contributed by atoms with E-state index in [2.05, 4.69) is 5.32 Å². The van der Waals surface area contributed by atoms with Gasteiger partial charge < -0.3 is 15.2 Å². The van der Waals surface area contributed by atoms with E-state index in [0.717, 1.165) is 11.8 Å². The first-order valence-electron chi connectivity index (χ1n) is 8.18. The molecule has 24 heavy (non-hydrogen) atoms. The van der Waals surface area contributed by atoms with Gasteiger partial charge in [-0.25, -0.2) is 4.79 Å². The molecule has 0 aliphatic heterocycles. The van der Waals surface area contributed by atoms with Crippen molar-refractivity contribution in [2.24, 2.45) is 0 Å². The van der Waals surface area contributed by atoms with E-state index in [1.165, 1.54) is 0 Å². The molecule has 1 amide bonds. The van der Waals surface area contributed by atoms with Gasteiger partial charge in [0.2, 0.25) is 5.12 Å². The molecular weight excluding hydrogens is 326 g/mol. The van der Waals surface area contributed by atoms with Gasteiger partial charge in [0.05, 0.1) is 6.10 Å². The normalized spacial score (nSPS) is 24.2. The van der Waals surface area contributed by atoms with Crippen molar-refractivity contribution >= 4 is 23.0 Å². The predicted octanol–water partition coefficient (Wildman–Crippen LogP) is 3.37. The smallest absolute Gasteiger partial charge is 0.407 e. The van der Waals surface area contributed by atoms with Gasteiger partial charge in [-0.15, -0.1) is 0 Å². The molecule has 0 radical (unpaired) electrons. The van der Waals surface area contributed by atoms with Crippen LogP contribution in [0.1, 0.15) is 50.4 Å². The second-order valence-corrected chi connectivity index (χ2v) is 8.25. The number of carbonyl (C=O) groups excluding carboxylic acids is 2. The highest BCUT2D eigenvalue weighted by Crippen LogP contribution is 2.31. The van der Waals surface area contributed by atoms with E-state index in [4.69, 9.17) is 4.74 Å². The predicted molar refractivity (Wildman–Crippen MR) is 95.2 cm³/mol. The van der Waals surface area contributed by atoms with Crippen molar-refractivity contribution < 1.29 is 19.4 Å². The molecule has 6 heteroatoms. The van der Waals surface area contributed by atoms with Crippen LogP contribution in [0.25, 0.3) is 0 Å². The van der Waals surface area contributed by atoms with Crippen molar-refractivity contribution in [2.45, 2.75) is 63.0 Å². The first kappa shape index (κ1) is 18.8. The molecule has 3 atom stereocenters. The number of hydrogen-bond donors (Lipinski definition) is 2. The first-order chi connectivity index (χ1) is 11.2. The maximum atomic E-state index is 12.3. The van der Waals surface area contributed by atoms with E-state index in [1.807, 2.05) is 39.0 Å². The highest BCUT2D eigenvalue weighted by atomic mass is 32.2. The molecule has 0 aromatic heterocycles. The summed E-state index contributed by atoms with van der Waals surface area (Å²) in [5, 5.41) is 12.7. The lowest BCUT2D eigenvalue weighted by Crippen LogP contribution is -2.45. The van der Waals surface area contributed by atoms with Gasteiger partial charge >= 0.3 is 6.09 Å². The summed E-state index contributed by atoms with van der Waals surface area (Å²) in [6.07, 6.45) is 0.780. The molecule has 0 spiro atoms. The minimum absolute atomic E-state index is 0.0578. The Morgan fingerprint density at radius 2 is 1.88 bits per heavy atom. The van der Waals surface area contributed by atoms with Crippen LogP contribution < -0.4 is 5.32 Å². The number of amides is 1.